The Morgan fingerprint density at radius 2 is 2.00 bits per heavy atom. The quantitative estimate of drug-likeness (QED) is 0.743. The second-order valence-corrected chi connectivity index (χ2v) is 5.15. The first kappa shape index (κ1) is 11.2. The Labute approximate surface area is 112 Å². The minimum absolute atomic E-state index is 0.517. The van der Waals surface area contributed by atoms with Crippen LogP contribution in [-0.2, 0) is 0 Å². The zero-order valence-electron chi connectivity index (χ0n) is 7.58. The monoisotopic (exact) mass is 394 g/mol. The van der Waals surface area contributed by atoms with Crippen molar-refractivity contribution < 1.29 is 0 Å². The summed E-state index contributed by atoms with van der Waals surface area (Å²) in [4.78, 5) is 8.36. The van der Waals surface area contributed by atoms with Crippen LogP contribution in [0.4, 0.5) is 0 Å². The Kier molecular flexibility index (Phi) is 3.22. The zero-order chi connectivity index (χ0) is 11.0. The predicted octanol–water partition coefficient (Wildman–Crippen LogP) is 3.26. The molecule has 0 fully saturated rings. The van der Waals surface area contributed by atoms with Crippen molar-refractivity contribution in [1.29, 1.82) is 0 Å². The number of pyridine rings is 1. The fourth-order valence-electron chi connectivity index (χ4n) is 1.09. The molecule has 0 aromatic carbocycles. The van der Waals surface area contributed by atoms with E-state index in [1.165, 1.54) is 0 Å². The lowest BCUT2D eigenvalue weighted by Crippen LogP contribution is -2.01. The second kappa shape index (κ2) is 4.31. The van der Waals surface area contributed by atoms with Gasteiger partial charge in [0.15, 0.2) is 5.82 Å². The summed E-state index contributed by atoms with van der Waals surface area (Å²) in [6.45, 7) is 1.98. The third kappa shape index (κ3) is 2.29. The Hall–Kier alpha value is -0.270. The fourth-order valence-corrected chi connectivity index (χ4v) is 2.70. The molecule has 2 aromatic heterocycles. The van der Waals surface area contributed by atoms with Crippen LogP contribution in [-0.4, -0.2) is 19.7 Å². The van der Waals surface area contributed by atoms with Gasteiger partial charge < -0.3 is 0 Å². The van der Waals surface area contributed by atoms with Crippen LogP contribution in [0.3, 0.4) is 0 Å². The molecule has 0 unspecified atom stereocenters. The van der Waals surface area contributed by atoms with Gasteiger partial charge in [-0.25, -0.2) is 4.98 Å². The van der Waals surface area contributed by atoms with Crippen LogP contribution < -0.4 is 0 Å². The Morgan fingerprint density at radius 1 is 1.27 bits per heavy atom. The van der Waals surface area contributed by atoms with Crippen LogP contribution in [0.25, 0.3) is 5.82 Å². The molecule has 2 rings (SSSR count). The predicted molar refractivity (Wildman–Crippen MR) is 67.0 cm³/mol. The van der Waals surface area contributed by atoms with E-state index in [0.29, 0.717) is 15.3 Å². The summed E-state index contributed by atoms with van der Waals surface area (Å²) in [5, 5.41) is 4.15. The molecule has 0 amide bonds. The summed E-state index contributed by atoms with van der Waals surface area (Å²) in [6.07, 6.45) is 1.78. The molecule has 0 aliphatic carbocycles. The lowest BCUT2D eigenvalue weighted by Gasteiger charge is -2.03. The minimum Gasteiger partial charge on any atom is -0.236 e. The van der Waals surface area contributed by atoms with E-state index in [2.05, 4.69) is 62.9 Å². The van der Waals surface area contributed by atoms with E-state index < -0.39 is 0 Å². The molecule has 4 nitrogen and oxygen atoms in total. The molecule has 0 aliphatic heterocycles. The third-order valence-corrected chi connectivity index (χ3v) is 3.13. The van der Waals surface area contributed by atoms with Crippen molar-refractivity contribution in [3.8, 4) is 5.82 Å². The molecule has 0 spiro atoms. The zero-order valence-corrected chi connectivity index (χ0v) is 12.3. The van der Waals surface area contributed by atoms with Gasteiger partial charge in [-0.05, 0) is 66.3 Å². The van der Waals surface area contributed by atoms with Gasteiger partial charge in [-0.15, -0.1) is 5.10 Å². The molecule has 7 heteroatoms. The topological polar surface area (TPSA) is 43.6 Å². The lowest BCUT2D eigenvalue weighted by atomic mass is 10.3. The van der Waals surface area contributed by atoms with E-state index in [-0.39, 0.29) is 0 Å². The van der Waals surface area contributed by atoms with Crippen LogP contribution >= 0.6 is 47.8 Å². The van der Waals surface area contributed by atoms with E-state index in [1.54, 1.807) is 10.9 Å². The average molecular weight is 397 g/mol. The van der Waals surface area contributed by atoms with Crippen molar-refractivity contribution >= 4 is 47.8 Å². The van der Waals surface area contributed by atoms with Crippen molar-refractivity contribution in [2.24, 2.45) is 0 Å². The summed E-state index contributed by atoms with van der Waals surface area (Å²) in [7, 11) is 0. The van der Waals surface area contributed by atoms with Crippen molar-refractivity contribution in [3.05, 3.63) is 31.8 Å². The lowest BCUT2D eigenvalue weighted by molar-refractivity contribution is 0.813. The molecule has 0 bridgehead atoms. The highest BCUT2D eigenvalue weighted by Crippen LogP contribution is 2.23. The molecule has 0 saturated heterocycles. The normalized spacial score (nSPS) is 10.7. The van der Waals surface area contributed by atoms with Crippen LogP contribution in [0.5, 0.6) is 0 Å². The summed E-state index contributed by atoms with van der Waals surface area (Å²) in [5.74, 6) is 0.700. The van der Waals surface area contributed by atoms with E-state index >= 15 is 0 Å². The molecule has 2 heterocycles. The maximum absolute atomic E-state index is 4.28. The maximum Gasteiger partial charge on any atom is 0.218 e. The van der Waals surface area contributed by atoms with Gasteiger partial charge in [0.1, 0.15) is 0 Å². The highest BCUT2D eigenvalue weighted by atomic mass is 79.9. The maximum atomic E-state index is 4.28. The Balaban J connectivity index is 2.59. The van der Waals surface area contributed by atoms with Crippen LogP contribution in [0.2, 0.25) is 0 Å². The van der Waals surface area contributed by atoms with Crippen LogP contribution in [0, 0.1) is 6.92 Å². The molecule has 78 valence electrons. The first-order valence-corrected chi connectivity index (χ1v) is 6.36. The van der Waals surface area contributed by atoms with Gasteiger partial charge >= 0.3 is 0 Å². The molecule has 0 radical (unpaired) electrons. The average Bonchev–Trinajstić information content (AvgIpc) is 2.45. The molecule has 2 aromatic rings. The summed E-state index contributed by atoms with van der Waals surface area (Å²) >= 11 is 9.95. The number of nitrogens with zero attached hydrogens (tertiary/aromatic N) is 4. The largest absolute Gasteiger partial charge is 0.236 e. The second-order valence-electron chi connectivity index (χ2n) is 2.88. The standard InChI is InChI=1S/C8H5Br3N4/c1-4-2-5(9)6(12-3-4)15-8(11)13-7(10)14-15/h2-3H,1H3. The van der Waals surface area contributed by atoms with E-state index in [0.717, 1.165) is 10.0 Å². The molecular weight excluding hydrogens is 392 g/mol. The smallest absolute Gasteiger partial charge is 0.218 e. The molecule has 0 aliphatic rings. The number of rotatable bonds is 1. The SMILES string of the molecule is Cc1cnc(-n2nc(Br)nc2Br)c(Br)c1. The first-order chi connectivity index (χ1) is 7.08. The van der Waals surface area contributed by atoms with Crippen molar-refractivity contribution in [2.75, 3.05) is 0 Å². The highest BCUT2D eigenvalue weighted by molar-refractivity contribution is 9.11. The van der Waals surface area contributed by atoms with Gasteiger partial charge in [-0.1, -0.05) is 0 Å². The van der Waals surface area contributed by atoms with E-state index in [1.807, 2.05) is 13.0 Å². The van der Waals surface area contributed by atoms with Crippen molar-refractivity contribution in [3.63, 3.8) is 0 Å². The third-order valence-electron chi connectivity index (χ3n) is 1.70. The van der Waals surface area contributed by atoms with Gasteiger partial charge in [0.05, 0.1) is 4.47 Å². The van der Waals surface area contributed by atoms with Gasteiger partial charge in [-0.3, -0.25) is 0 Å². The Bertz CT molecular complexity index is 509. The number of aryl methyl sites for hydroxylation is 1. The molecule has 15 heavy (non-hydrogen) atoms. The minimum atomic E-state index is 0.517. The van der Waals surface area contributed by atoms with Gasteiger partial charge in [0.2, 0.25) is 9.47 Å². The Morgan fingerprint density at radius 3 is 2.53 bits per heavy atom. The number of halogens is 3. The van der Waals surface area contributed by atoms with Gasteiger partial charge in [0.25, 0.3) is 0 Å². The summed E-state index contributed by atoms with van der Waals surface area (Å²) in [6, 6.07) is 1.98. The molecule has 0 saturated carbocycles. The first-order valence-electron chi connectivity index (χ1n) is 3.98. The van der Waals surface area contributed by atoms with Crippen LogP contribution in [0.15, 0.2) is 26.2 Å². The van der Waals surface area contributed by atoms with Gasteiger partial charge in [0, 0.05) is 6.20 Å². The number of hydrogen-bond acceptors (Lipinski definition) is 3. The fraction of sp³-hybridized carbons (Fsp3) is 0.125. The van der Waals surface area contributed by atoms with Crippen molar-refractivity contribution in [1.82, 2.24) is 19.7 Å². The summed E-state index contributed by atoms with van der Waals surface area (Å²) < 4.78 is 3.60. The van der Waals surface area contributed by atoms with Crippen molar-refractivity contribution in [2.45, 2.75) is 6.92 Å². The molecule has 0 N–H and O–H groups in total. The summed E-state index contributed by atoms with van der Waals surface area (Å²) in [5.41, 5.74) is 1.08. The molecular formula is C8H5Br3N4. The molecule has 0 atom stereocenters. The number of aromatic nitrogens is 4. The van der Waals surface area contributed by atoms with E-state index in [9.17, 15) is 0 Å². The van der Waals surface area contributed by atoms with E-state index in [4.69, 9.17) is 0 Å². The number of hydrogen-bond donors (Lipinski definition) is 0. The highest BCUT2D eigenvalue weighted by Gasteiger charge is 2.11. The van der Waals surface area contributed by atoms with Gasteiger partial charge in [-0.2, -0.15) is 9.67 Å². The van der Waals surface area contributed by atoms with Crippen LogP contribution in [0.1, 0.15) is 5.56 Å².